The van der Waals surface area contributed by atoms with Crippen molar-refractivity contribution < 1.29 is 4.39 Å². The van der Waals surface area contributed by atoms with Crippen LogP contribution in [0.15, 0.2) is 18.2 Å². The standard InChI is InChI=1S/C12H19FN2/c1-4-15(8-9(2)3)12-6-5-10(14)7-11(12)13/h5-7,9H,4,8,14H2,1-3H3. The Kier molecular flexibility index (Phi) is 3.95. The van der Waals surface area contributed by atoms with Gasteiger partial charge in [-0.3, -0.25) is 0 Å². The lowest BCUT2D eigenvalue weighted by Gasteiger charge is -2.25. The first-order chi connectivity index (χ1) is 7.04. The average molecular weight is 210 g/mol. The molecule has 0 aliphatic rings. The summed E-state index contributed by atoms with van der Waals surface area (Å²) in [6.45, 7) is 7.93. The third-order valence-electron chi connectivity index (χ3n) is 2.28. The van der Waals surface area contributed by atoms with Crippen LogP contribution >= 0.6 is 0 Å². The lowest BCUT2D eigenvalue weighted by Crippen LogP contribution is -2.28. The van der Waals surface area contributed by atoms with Crippen LogP contribution in [0.1, 0.15) is 20.8 Å². The highest BCUT2D eigenvalue weighted by Crippen LogP contribution is 2.22. The van der Waals surface area contributed by atoms with Crippen LogP contribution in [0.3, 0.4) is 0 Å². The van der Waals surface area contributed by atoms with Crippen molar-refractivity contribution in [3.8, 4) is 0 Å². The maximum Gasteiger partial charge on any atom is 0.148 e. The van der Waals surface area contributed by atoms with Gasteiger partial charge in [0, 0.05) is 18.8 Å². The van der Waals surface area contributed by atoms with Crippen LogP contribution < -0.4 is 10.6 Å². The molecule has 0 saturated heterocycles. The summed E-state index contributed by atoms with van der Waals surface area (Å²) in [4.78, 5) is 2.03. The molecule has 2 nitrogen and oxygen atoms in total. The number of anilines is 2. The van der Waals surface area contributed by atoms with Crippen LogP contribution in [0.4, 0.5) is 15.8 Å². The summed E-state index contributed by atoms with van der Waals surface area (Å²) in [6.07, 6.45) is 0. The van der Waals surface area contributed by atoms with E-state index in [1.54, 1.807) is 12.1 Å². The first-order valence-electron chi connectivity index (χ1n) is 5.34. The van der Waals surface area contributed by atoms with Gasteiger partial charge in [0.2, 0.25) is 0 Å². The van der Waals surface area contributed by atoms with E-state index in [4.69, 9.17) is 5.73 Å². The van der Waals surface area contributed by atoms with Crippen molar-refractivity contribution >= 4 is 11.4 Å². The van der Waals surface area contributed by atoms with Crippen LogP contribution in [0, 0.1) is 11.7 Å². The second kappa shape index (κ2) is 5.01. The molecule has 0 atom stereocenters. The van der Waals surface area contributed by atoms with Crippen molar-refractivity contribution in [2.24, 2.45) is 5.92 Å². The summed E-state index contributed by atoms with van der Waals surface area (Å²) in [5.41, 5.74) is 6.62. The fraction of sp³-hybridized carbons (Fsp3) is 0.500. The second-order valence-corrected chi connectivity index (χ2v) is 4.14. The van der Waals surface area contributed by atoms with E-state index < -0.39 is 0 Å². The minimum atomic E-state index is -0.238. The molecule has 1 rings (SSSR count). The highest BCUT2D eigenvalue weighted by molar-refractivity contribution is 5.54. The Morgan fingerprint density at radius 1 is 1.40 bits per heavy atom. The van der Waals surface area contributed by atoms with E-state index >= 15 is 0 Å². The van der Waals surface area contributed by atoms with Crippen LogP contribution in [0.2, 0.25) is 0 Å². The molecule has 0 heterocycles. The molecule has 0 fully saturated rings. The normalized spacial score (nSPS) is 10.7. The number of nitrogens with zero attached hydrogens (tertiary/aromatic N) is 1. The quantitative estimate of drug-likeness (QED) is 0.774. The third-order valence-corrected chi connectivity index (χ3v) is 2.28. The van der Waals surface area contributed by atoms with Crippen molar-refractivity contribution in [3.05, 3.63) is 24.0 Å². The van der Waals surface area contributed by atoms with Crippen LogP contribution in [-0.4, -0.2) is 13.1 Å². The number of rotatable bonds is 4. The van der Waals surface area contributed by atoms with Gasteiger partial charge in [0.05, 0.1) is 5.69 Å². The fourth-order valence-electron chi connectivity index (χ4n) is 1.62. The number of nitrogen functional groups attached to an aromatic ring is 1. The van der Waals surface area contributed by atoms with Crippen molar-refractivity contribution in [2.45, 2.75) is 20.8 Å². The van der Waals surface area contributed by atoms with Crippen LogP contribution in [0.5, 0.6) is 0 Å². The summed E-state index contributed by atoms with van der Waals surface area (Å²) >= 11 is 0. The van der Waals surface area contributed by atoms with Gasteiger partial charge in [0.15, 0.2) is 0 Å². The molecule has 0 saturated carbocycles. The largest absolute Gasteiger partial charge is 0.399 e. The topological polar surface area (TPSA) is 29.3 Å². The lowest BCUT2D eigenvalue weighted by atomic mass is 10.2. The van der Waals surface area contributed by atoms with E-state index in [1.165, 1.54) is 6.07 Å². The van der Waals surface area contributed by atoms with Crippen molar-refractivity contribution in [1.82, 2.24) is 0 Å². The Bertz CT molecular complexity index is 323. The Hall–Kier alpha value is -1.25. The average Bonchev–Trinajstić information content (AvgIpc) is 2.14. The molecule has 15 heavy (non-hydrogen) atoms. The maximum absolute atomic E-state index is 13.6. The molecule has 0 aromatic heterocycles. The summed E-state index contributed by atoms with van der Waals surface area (Å²) in [5, 5.41) is 0. The number of nitrogens with two attached hydrogens (primary N) is 1. The zero-order chi connectivity index (χ0) is 11.4. The van der Waals surface area contributed by atoms with Gasteiger partial charge in [-0.05, 0) is 31.0 Å². The predicted molar refractivity (Wildman–Crippen MR) is 63.5 cm³/mol. The summed E-state index contributed by atoms with van der Waals surface area (Å²) in [7, 11) is 0. The van der Waals surface area contributed by atoms with Crippen LogP contribution in [-0.2, 0) is 0 Å². The van der Waals surface area contributed by atoms with Gasteiger partial charge in [0.25, 0.3) is 0 Å². The van der Waals surface area contributed by atoms with Gasteiger partial charge < -0.3 is 10.6 Å². The monoisotopic (exact) mass is 210 g/mol. The molecule has 3 heteroatoms. The van der Waals surface area contributed by atoms with Crippen molar-refractivity contribution in [2.75, 3.05) is 23.7 Å². The molecule has 0 radical (unpaired) electrons. The Labute approximate surface area is 90.9 Å². The number of hydrogen-bond donors (Lipinski definition) is 1. The Morgan fingerprint density at radius 2 is 2.07 bits per heavy atom. The molecular weight excluding hydrogens is 191 g/mol. The Morgan fingerprint density at radius 3 is 2.53 bits per heavy atom. The summed E-state index contributed by atoms with van der Waals surface area (Å²) in [6, 6.07) is 4.86. The van der Waals surface area contributed by atoms with E-state index in [0.717, 1.165) is 13.1 Å². The molecule has 1 aromatic rings. The maximum atomic E-state index is 13.6. The van der Waals surface area contributed by atoms with Gasteiger partial charge in [-0.15, -0.1) is 0 Å². The minimum absolute atomic E-state index is 0.238. The van der Waals surface area contributed by atoms with Crippen LogP contribution in [0.25, 0.3) is 0 Å². The van der Waals surface area contributed by atoms with Gasteiger partial charge in [-0.1, -0.05) is 13.8 Å². The third kappa shape index (κ3) is 3.11. The highest BCUT2D eigenvalue weighted by Gasteiger charge is 2.11. The van der Waals surface area contributed by atoms with Crippen molar-refractivity contribution in [3.63, 3.8) is 0 Å². The SMILES string of the molecule is CCN(CC(C)C)c1ccc(N)cc1F. The van der Waals surface area contributed by atoms with Gasteiger partial charge in [-0.25, -0.2) is 4.39 Å². The first kappa shape index (κ1) is 11.8. The zero-order valence-electron chi connectivity index (χ0n) is 9.63. The van der Waals surface area contributed by atoms with E-state index in [9.17, 15) is 4.39 Å². The fourth-order valence-corrected chi connectivity index (χ4v) is 1.62. The second-order valence-electron chi connectivity index (χ2n) is 4.14. The molecule has 0 amide bonds. The van der Waals surface area contributed by atoms with Crippen molar-refractivity contribution in [1.29, 1.82) is 0 Å². The highest BCUT2D eigenvalue weighted by atomic mass is 19.1. The molecule has 0 aliphatic heterocycles. The number of hydrogen-bond acceptors (Lipinski definition) is 2. The number of benzene rings is 1. The molecule has 2 N–H and O–H groups in total. The van der Waals surface area contributed by atoms with E-state index in [2.05, 4.69) is 13.8 Å². The van der Waals surface area contributed by atoms with Gasteiger partial charge in [-0.2, -0.15) is 0 Å². The molecule has 1 aromatic carbocycles. The first-order valence-corrected chi connectivity index (χ1v) is 5.34. The molecular formula is C12H19FN2. The molecule has 0 aliphatic carbocycles. The molecule has 84 valence electrons. The lowest BCUT2D eigenvalue weighted by molar-refractivity contribution is 0.587. The van der Waals surface area contributed by atoms with E-state index in [-0.39, 0.29) is 5.82 Å². The van der Waals surface area contributed by atoms with E-state index in [0.29, 0.717) is 17.3 Å². The Balaban J connectivity index is 2.91. The van der Waals surface area contributed by atoms with Gasteiger partial charge in [0.1, 0.15) is 5.82 Å². The molecule has 0 bridgehead atoms. The smallest absolute Gasteiger partial charge is 0.148 e. The molecule has 0 unspecified atom stereocenters. The number of halogens is 1. The van der Waals surface area contributed by atoms with Gasteiger partial charge >= 0.3 is 0 Å². The summed E-state index contributed by atoms with van der Waals surface area (Å²) in [5.74, 6) is 0.277. The predicted octanol–water partition coefficient (Wildman–Crippen LogP) is 2.89. The zero-order valence-corrected chi connectivity index (χ0v) is 9.63. The molecule has 0 spiro atoms. The minimum Gasteiger partial charge on any atom is -0.399 e. The van der Waals surface area contributed by atoms with E-state index in [1.807, 2.05) is 11.8 Å². The summed E-state index contributed by atoms with van der Waals surface area (Å²) < 4.78 is 13.6.